The summed E-state index contributed by atoms with van der Waals surface area (Å²) in [5.41, 5.74) is 6.26. The minimum atomic E-state index is 0. The molecule has 0 radical (unpaired) electrons. The van der Waals surface area contributed by atoms with Gasteiger partial charge in [0.2, 0.25) is 5.91 Å². The Kier molecular flexibility index (Phi) is 13.2. The van der Waals surface area contributed by atoms with E-state index in [1.165, 1.54) is 0 Å². The van der Waals surface area contributed by atoms with Gasteiger partial charge in [0.25, 0.3) is 0 Å². The Morgan fingerprint density at radius 3 is 2.53 bits per heavy atom. The Morgan fingerprint density at radius 2 is 1.95 bits per heavy atom. The van der Waals surface area contributed by atoms with Crippen LogP contribution in [0.2, 0.25) is 0 Å². The van der Waals surface area contributed by atoms with Crippen LogP contribution in [0.4, 0.5) is 5.69 Å². The van der Waals surface area contributed by atoms with Crippen molar-refractivity contribution < 1.29 is 4.79 Å². The van der Waals surface area contributed by atoms with Gasteiger partial charge in [-0.15, -0.1) is 24.8 Å². The first-order valence-corrected chi connectivity index (χ1v) is 6.12. The number of pyridine rings is 1. The van der Waals surface area contributed by atoms with Crippen molar-refractivity contribution in [3.63, 3.8) is 0 Å². The average Bonchev–Trinajstić information content (AvgIpc) is 2.38. The molecule has 0 aliphatic carbocycles. The summed E-state index contributed by atoms with van der Waals surface area (Å²) < 4.78 is 0. The first-order chi connectivity index (χ1) is 8.25. The zero-order valence-electron chi connectivity index (χ0n) is 11.2. The van der Waals surface area contributed by atoms with E-state index in [0.717, 1.165) is 37.9 Å². The van der Waals surface area contributed by atoms with Gasteiger partial charge in [0.15, 0.2) is 0 Å². The lowest BCUT2D eigenvalue weighted by Gasteiger charge is -2.16. The Labute approximate surface area is 127 Å². The first-order valence-electron chi connectivity index (χ1n) is 6.12. The van der Waals surface area contributed by atoms with Crippen LogP contribution in [0.5, 0.6) is 0 Å². The first kappa shape index (κ1) is 20.5. The molecule has 2 N–H and O–H groups in total. The summed E-state index contributed by atoms with van der Waals surface area (Å²) in [7, 11) is 1.79. The van der Waals surface area contributed by atoms with Crippen LogP contribution in [0.15, 0.2) is 24.5 Å². The molecule has 1 amide bonds. The van der Waals surface area contributed by atoms with Gasteiger partial charge >= 0.3 is 0 Å². The van der Waals surface area contributed by atoms with E-state index < -0.39 is 0 Å². The standard InChI is InChI=1S/C13H21N3O.2ClH/c1-16(12-7-6-10-15-11-12)13(17)8-4-2-3-5-9-14;;/h6-7,10-11H,2-5,8-9,14H2,1H3;2*1H. The lowest BCUT2D eigenvalue weighted by molar-refractivity contribution is -0.118. The van der Waals surface area contributed by atoms with E-state index in [4.69, 9.17) is 5.73 Å². The number of nitrogens with zero attached hydrogens (tertiary/aromatic N) is 2. The lowest BCUT2D eigenvalue weighted by atomic mass is 10.1. The molecule has 0 atom stereocenters. The maximum atomic E-state index is 11.8. The number of hydrogen-bond donors (Lipinski definition) is 1. The SMILES string of the molecule is CN(C(=O)CCCCCCN)c1cccnc1.Cl.Cl. The number of nitrogens with two attached hydrogens (primary N) is 1. The second-order valence-corrected chi connectivity index (χ2v) is 4.12. The van der Waals surface area contributed by atoms with Gasteiger partial charge < -0.3 is 10.6 Å². The summed E-state index contributed by atoms with van der Waals surface area (Å²) in [6, 6.07) is 3.72. The van der Waals surface area contributed by atoms with E-state index in [-0.39, 0.29) is 30.7 Å². The highest BCUT2D eigenvalue weighted by atomic mass is 35.5. The van der Waals surface area contributed by atoms with Gasteiger partial charge in [0.1, 0.15) is 0 Å². The van der Waals surface area contributed by atoms with Crippen LogP contribution in [0.1, 0.15) is 32.1 Å². The molecule has 1 aromatic heterocycles. The zero-order chi connectivity index (χ0) is 12.5. The summed E-state index contributed by atoms with van der Waals surface area (Å²) in [6.07, 6.45) is 8.16. The van der Waals surface area contributed by atoms with Gasteiger partial charge in [0.05, 0.1) is 11.9 Å². The van der Waals surface area contributed by atoms with Crippen molar-refractivity contribution in [3.8, 4) is 0 Å². The molecule has 0 saturated heterocycles. The molecule has 1 aromatic rings. The quantitative estimate of drug-likeness (QED) is 0.788. The van der Waals surface area contributed by atoms with Crippen molar-refractivity contribution in [1.82, 2.24) is 4.98 Å². The molecule has 0 saturated carbocycles. The number of aromatic nitrogens is 1. The highest BCUT2D eigenvalue weighted by Gasteiger charge is 2.09. The molecule has 0 spiro atoms. The molecule has 6 heteroatoms. The van der Waals surface area contributed by atoms with Crippen molar-refractivity contribution in [2.75, 3.05) is 18.5 Å². The minimum absolute atomic E-state index is 0. The molecule has 0 fully saturated rings. The number of anilines is 1. The molecule has 0 unspecified atom stereocenters. The van der Waals surface area contributed by atoms with Gasteiger partial charge in [-0.1, -0.05) is 12.8 Å². The number of halogens is 2. The van der Waals surface area contributed by atoms with E-state index in [1.54, 1.807) is 24.3 Å². The Morgan fingerprint density at radius 1 is 1.26 bits per heavy atom. The van der Waals surface area contributed by atoms with Crippen LogP contribution in [-0.2, 0) is 4.79 Å². The average molecular weight is 308 g/mol. The van der Waals surface area contributed by atoms with Crippen molar-refractivity contribution in [2.24, 2.45) is 5.73 Å². The fraction of sp³-hybridized carbons (Fsp3) is 0.538. The zero-order valence-corrected chi connectivity index (χ0v) is 12.9. The maximum absolute atomic E-state index is 11.8. The molecule has 1 rings (SSSR count). The second-order valence-electron chi connectivity index (χ2n) is 4.12. The van der Waals surface area contributed by atoms with E-state index in [0.29, 0.717) is 6.42 Å². The molecule has 0 aliphatic heterocycles. The molecule has 1 heterocycles. The Bertz CT molecular complexity index is 336. The van der Waals surface area contributed by atoms with Crippen LogP contribution in [-0.4, -0.2) is 24.5 Å². The number of rotatable bonds is 7. The normalized spacial score (nSPS) is 9.16. The highest BCUT2D eigenvalue weighted by molar-refractivity contribution is 5.92. The summed E-state index contributed by atoms with van der Waals surface area (Å²) in [5.74, 6) is 0.144. The predicted octanol–water partition coefficient (Wildman–Crippen LogP) is 2.80. The summed E-state index contributed by atoms with van der Waals surface area (Å²) in [6.45, 7) is 0.740. The Balaban J connectivity index is 0. The van der Waals surface area contributed by atoms with E-state index in [9.17, 15) is 4.79 Å². The third-order valence-electron chi connectivity index (χ3n) is 2.75. The molecule has 19 heavy (non-hydrogen) atoms. The molecule has 0 aliphatic rings. The third kappa shape index (κ3) is 8.03. The molecule has 0 aromatic carbocycles. The topological polar surface area (TPSA) is 59.2 Å². The van der Waals surface area contributed by atoms with Gasteiger partial charge in [-0.25, -0.2) is 0 Å². The lowest BCUT2D eigenvalue weighted by Crippen LogP contribution is -2.25. The van der Waals surface area contributed by atoms with Crippen molar-refractivity contribution >= 4 is 36.4 Å². The number of amides is 1. The molecular formula is C13H23Cl2N3O. The van der Waals surface area contributed by atoms with Crippen molar-refractivity contribution in [2.45, 2.75) is 32.1 Å². The second kappa shape index (κ2) is 12.2. The summed E-state index contributed by atoms with van der Waals surface area (Å²) in [5, 5.41) is 0. The fourth-order valence-corrected chi connectivity index (χ4v) is 1.64. The summed E-state index contributed by atoms with van der Waals surface area (Å²) >= 11 is 0. The van der Waals surface area contributed by atoms with Gasteiger partial charge in [-0.2, -0.15) is 0 Å². The van der Waals surface area contributed by atoms with E-state index in [2.05, 4.69) is 4.98 Å². The van der Waals surface area contributed by atoms with Crippen LogP contribution >= 0.6 is 24.8 Å². The summed E-state index contributed by atoms with van der Waals surface area (Å²) in [4.78, 5) is 17.5. The van der Waals surface area contributed by atoms with Gasteiger partial charge in [0, 0.05) is 19.7 Å². The maximum Gasteiger partial charge on any atom is 0.226 e. The highest BCUT2D eigenvalue weighted by Crippen LogP contribution is 2.12. The van der Waals surface area contributed by atoms with Crippen LogP contribution in [0.3, 0.4) is 0 Å². The molecule has 0 bridgehead atoms. The number of hydrogen-bond acceptors (Lipinski definition) is 3. The van der Waals surface area contributed by atoms with Crippen LogP contribution in [0, 0.1) is 0 Å². The number of unbranched alkanes of at least 4 members (excludes halogenated alkanes) is 3. The van der Waals surface area contributed by atoms with Crippen LogP contribution < -0.4 is 10.6 Å². The van der Waals surface area contributed by atoms with E-state index >= 15 is 0 Å². The smallest absolute Gasteiger partial charge is 0.226 e. The Hall–Kier alpha value is -0.840. The monoisotopic (exact) mass is 307 g/mol. The minimum Gasteiger partial charge on any atom is -0.330 e. The van der Waals surface area contributed by atoms with Crippen LogP contribution in [0.25, 0.3) is 0 Å². The fourth-order valence-electron chi connectivity index (χ4n) is 1.64. The van der Waals surface area contributed by atoms with Crippen molar-refractivity contribution in [1.29, 1.82) is 0 Å². The van der Waals surface area contributed by atoms with Crippen molar-refractivity contribution in [3.05, 3.63) is 24.5 Å². The predicted molar refractivity (Wildman–Crippen MR) is 84.3 cm³/mol. The third-order valence-corrected chi connectivity index (χ3v) is 2.75. The van der Waals surface area contributed by atoms with Gasteiger partial charge in [-0.3, -0.25) is 9.78 Å². The number of carbonyl (C=O) groups is 1. The number of carbonyl (C=O) groups excluding carboxylic acids is 1. The molecule has 110 valence electrons. The van der Waals surface area contributed by atoms with E-state index in [1.807, 2.05) is 12.1 Å². The largest absolute Gasteiger partial charge is 0.330 e. The molecular weight excluding hydrogens is 285 g/mol. The molecule has 4 nitrogen and oxygen atoms in total. The van der Waals surface area contributed by atoms with Gasteiger partial charge in [-0.05, 0) is 31.5 Å².